The van der Waals surface area contributed by atoms with Gasteiger partial charge in [0.05, 0.1) is 12.2 Å². The standard InChI is InChI=1S/C24H31NO3/c1-4-6-7-15-28-24(27)21-16(3)25-19-9-8-10-20(26)23(19)22(21)18-13-11-17(5-2)12-14-18/h11-14,22,25H,4-10,15H2,1-3H3/t22-/m1/s1. The third-order valence-corrected chi connectivity index (χ3v) is 5.70. The highest BCUT2D eigenvalue weighted by Gasteiger charge is 2.38. The summed E-state index contributed by atoms with van der Waals surface area (Å²) in [5.41, 5.74) is 5.34. The molecule has 28 heavy (non-hydrogen) atoms. The average Bonchev–Trinajstić information content (AvgIpc) is 2.70. The molecule has 2 aliphatic rings. The fourth-order valence-electron chi connectivity index (χ4n) is 4.13. The number of carbonyl (C=O) groups excluding carboxylic acids is 2. The molecule has 1 aromatic rings. The molecule has 1 aromatic carbocycles. The lowest BCUT2D eigenvalue weighted by molar-refractivity contribution is -0.139. The van der Waals surface area contributed by atoms with Crippen LogP contribution in [0.2, 0.25) is 0 Å². The Morgan fingerprint density at radius 3 is 2.57 bits per heavy atom. The van der Waals surface area contributed by atoms with Crippen molar-refractivity contribution in [1.29, 1.82) is 0 Å². The maximum Gasteiger partial charge on any atom is 0.336 e. The number of aryl methyl sites for hydroxylation is 1. The highest BCUT2D eigenvalue weighted by molar-refractivity contribution is 6.03. The number of dihydropyridines is 1. The molecule has 0 saturated heterocycles. The van der Waals surface area contributed by atoms with Crippen molar-refractivity contribution in [2.45, 2.75) is 71.6 Å². The monoisotopic (exact) mass is 381 g/mol. The van der Waals surface area contributed by atoms with Gasteiger partial charge in [-0.2, -0.15) is 0 Å². The van der Waals surface area contributed by atoms with Crippen LogP contribution in [0.4, 0.5) is 0 Å². The first-order chi connectivity index (χ1) is 13.6. The molecule has 1 aliphatic heterocycles. The number of ketones is 1. The molecule has 1 aliphatic carbocycles. The molecule has 0 amide bonds. The molecule has 0 saturated carbocycles. The molecule has 1 N–H and O–H groups in total. The van der Waals surface area contributed by atoms with Gasteiger partial charge < -0.3 is 10.1 Å². The summed E-state index contributed by atoms with van der Waals surface area (Å²) in [5.74, 6) is -0.508. The van der Waals surface area contributed by atoms with E-state index in [0.29, 0.717) is 18.6 Å². The minimum atomic E-state index is -0.339. The van der Waals surface area contributed by atoms with Crippen LogP contribution in [0, 0.1) is 0 Å². The molecular formula is C24H31NO3. The van der Waals surface area contributed by atoms with Crippen molar-refractivity contribution in [3.63, 3.8) is 0 Å². The van der Waals surface area contributed by atoms with E-state index in [0.717, 1.165) is 61.1 Å². The van der Waals surface area contributed by atoms with Gasteiger partial charge in [0.1, 0.15) is 0 Å². The van der Waals surface area contributed by atoms with E-state index < -0.39 is 0 Å². The van der Waals surface area contributed by atoms with Crippen molar-refractivity contribution in [2.75, 3.05) is 6.61 Å². The topological polar surface area (TPSA) is 55.4 Å². The first-order valence-corrected chi connectivity index (χ1v) is 10.6. The van der Waals surface area contributed by atoms with Gasteiger partial charge in [-0.3, -0.25) is 4.79 Å². The van der Waals surface area contributed by atoms with E-state index in [9.17, 15) is 9.59 Å². The maximum atomic E-state index is 13.0. The quantitative estimate of drug-likeness (QED) is 0.536. The largest absolute Gasteiger partial charge is 0.462 e. The second-order valence-electron chi connectivity index (χ2n) is 7.70. The fourth-order valence-corrected chi connectivity index (χ4v) is 4.13. The molecule has 1 atom stereocenters. The van der Waals surface area contributed by atoms with Crippen LogP contribution in [0.3, 0.4) is 0 Å². The summed E-state index contributed by atoms with van der Waals surface area (Å²) < 4.78 is 5.59. The molecule has 0 radical (unpaired) electrons. The Labute approximate surface area is 168 Å². The molecule has 150 valence electrons. The van der Waals surface area contributed by atoms with E-state index >= 15 is 0 Å². The van der Waals surface area contributed by atoms with Gasteiger partial charge in [0.25, 0.3) is 0 Å². The number of esters is 1. The van der Waals surface area contributed by atoms with E-state index in [-0.39, 0.29) is 17.7 Å². The van der Waals surface area contributed by atoms with Crippen LogP contribution < -0.4 is 5.32 Å². The number of rotatable bonds is 7. The molecule has 4 nitrogen and oxygen atoms in total. The van der Waals surface area contributed by atoms with Gasteiger partial charge in [-0.1, -0.05) is 51.0 Å². The predicted molar refractivity (Wildman–Crippen MR) is 111 cm³/mol. The minimum absolute atomic E-state index is 0.141. The van der Waals surface area contributed by atoms with E-state index in [4.69, 9.17) is 4.74 Å². The number of benzene rings is 1. The van der Waals surface area contributed by atoms with Gasteiger partial charge in [0.15, 0.2) is 5.78 Å². The lowest BCUT2D eigenvalue weighted by atomic mass is 9.75. The lowest BCUT2D eigenvalue weighted by Crippen LogP contribution is -2.34. The average molecular weight is 382 g/mol. The van der Waals surface area contributed by atoms with Gasteiger partial charge in [-0.05, 0) is 43.7 Å². The van der Waals surface area contributed by atoms with Crippen molar-refractivity contribution in [1.82, 2.24) is 5.32 Å². The smallest absolute Gasteiger partial charge is 0.336 e. The first kappa shape index (κ1) is 20.4. The third-order valence-electron chi connectivity index (χ3n) is 5.70. The summed E-state index contributed by atoms with van der Waals surface area (Å²) in [7, 11) is 0. The van der Waals surface area contributed by atoms with Crippen molar-refractivity contribution in [3.8, 4) is 0 Å². The molecule has 1 heterocycles. The summed E-state index contributed by atoms with van der Waals surface area (Å²) in [6.45, 7) is 6.58. The molecule has 0 aromatic heterocycles. The number of carbonyl (C=O) groups is 2. The van der Waals surface area contributed by atoms with Crippen LogP contribution in [0.25, 0.3) is 0 Å². The molecule has 0 bridgehead atoms. The summed E-state index contributed by atoms with van der Waals surface area (Å²) in [4.78, 5) is 25.8. The van der Waals surface area contributed by atoms with Crippen molar-refractivity contribution in [2.24, 2.45) is 0 Å². The summed E-state index contributed by atoms with van der Waals surface area (Å²) >= 11 is 0. The SMILES string of the molecule is CCCCCOC(=O)C1=C(C)NC2=C(C(=O)CCC2)[C@@H]1c1ccc(CC)cc1. The molecule has 0 fully saturated rings. The number of nitrogens with one attached hydrogen (secondary N) is 1. The Hall–Kier alpha value is -2.36. The number of allylic oxidation sites excluding steroid dienone is 3. The number of unbranched alkanes of at least 4 members (excludes halogenated alkanes) is 2. The minimum Gasteiger partial charge on any atom is -0.462 e. The van der Waals surface area contributed by atoms with Gasteiger partial charge in [0, 0.05) is 29.3 Å². The summed E-state index contributed by atoms with van der Waals surface area (Å²) in [6.07, 6.45) is 6.20. The fraction of sp³-hybridized carbons (Fsp3) is 0.500. The molecule has 3 rings (SSSR count). The second kappa shape index (κ2) is 9.22. The normalized spacial score (nSPS) is 19.4. The van der Waals surface area contributed by atoms with Gasteiger partial charge in [0.2, 0.25) is 0 Å². The van der Waals surface area contributed by atoms with Crippen LogP contribution >= 0.6 is 0 Å². The first-order valence-electron chi connectivity index (χ1n) is 10.6. The highest BCUT2D eigenvalue weighted by Crippen LogP contribution is 2.42. The van der Waals surface area contributed by atoms with Gasteiger partial charge in [-0.25, -0.2) is 4.79 Å². The van der Waals surface area contributed by atoms with Gasteiger partial charge >= 0.3 is 5.97 Å². The Bertz CT molecular complexity index is 802. The molecule has 0 spiro atoms. The van der Waals surface area contributed by atoms with E-state index in [1.54, 1.807) is 0 Å². The molecule has 0 unspecified atom stereocenters. The Morgan fingerprint density at radius 2 is 1.89 bits per heavy atom. The Morgan fingerprint density at radius 1 is 1.14 bits per heavy atom. The van der Waals surface area contributed by atoms with Crippen LogP contribution in [0.5, 0.6) is 0 Å². The number of hydrogen-bond donors (Lipinski definition) is 1. The lowest BCUT2D eigenvalue weighted by Gasteiger charge is -2.34. The zero-order chi connectivity index (χ0) is 20.1. The van der Waals surface area contributed by atoms with Crippen LogP contribution in [0.15, 0.2) is 46.8 Å². The van der Waals surface area contributed by atoms with Gasteiger partial charge in [-0.15, -0.1) is 0 Å². The predicted octanol–water partition coefficient (Wildman–Crippen LogP) is 4.95. The zero-order valence-corrected chi connectivity index (χ0v) is 17.3. The van der Waals surface area contributed by atoms with Crippen molar-refractivity contribution < 1.29 is 14.3 Å². The maximum absolute atomic E-state index is 13.0. The number of ether oxygens (including phenoxy) is 1. The van der Waals surface area contributed by atoms with Crippen LogP contribution in [0.1, 0.15) is 76.3 Å². The van der Waals surface area contributed by atoms with Crippen molar-refractivity contribution in [3.05, 3.63) is 57.9 Å². The molecule has 4 heteroatoms. The van der Waals surface area contributed by atoms with Crippen molar-refractivity contribution >= 4 is 11.8 Å². The van der Waals surface area contributed by atoms with E-state index in [1.807, 2.05) is 6.92 Å². The summed E-state index contributed by atoms with van der Waals surface area (Å²) in [5, 5.41) is 3.34. The molecular weight excluding hydrogens is 350 g/mol. The third kappa shape index (κ3) is 4.21. The summed E-state index contributed by atoms with van der Waals surface area (Å²) in [6, 6.07) is 8.28. The number of Topliss-reactive ketones (excluding diaryl/α,β-unsaturated/α-hetero) is 1. The number of hydrogen-bond acceptors (Lipinski definition) is 4. The Balaban J connectivity index is 1.97. The Kier molecular flexibility index (Phi) is 6.71. The second-order valence-corrected chi connectivity index (χ2v) is 7.70. The zero-order valence-electron chi connectivity index (χ0n) is 17.3. The van der Waals surface area contributed by atoms with E-state index in [1.165, 1.54) is 5.56 Å². The van der Waals surface area contributed by atoms with E-state index in [2.05, 4.69) is 43.4 Å². The van der Waals surface area contributed by atoms with Crippen LogP contribution in [-0.4, -0.2) is 18.4 Å². The highest BCUT2D eigenvalue weighted by atomic mass is 16.5. The van der Waals surface area contributed by atoms with Crippen LogP contribution in [-0.2, 0) is 20.7 Å².